The second-order valence-electron chi connectivity index (χ2n) is 4.29. The van der Waals surface area contributed by atoms with E-state index in [1.165, 1.54) is 12.1 Å². The summed E-state index contributed by atoms with van der Waals surface area (Å²) in [6.45, 7) is 0.357. The van der Waals surface area contributed by atoms with Crippen LogP contribution in [-0.2, 0) is 6.54 Å². The minimum absolute atomic E-state index is 0.0487. The summed E-state index contributed by atoms with van der Waals surface area (Å²) in [5.41, 5.74) is 1.11. The number of carbonyl (C=O) groups excluding carboxylic acids is 1. The molecule has 0 saturated carbocycles. The summed E-state index contributed by atoms with van der Waals surface area (Å²) in [6, 6.07) is 12.1. The van der Waals surface area contributed by atoms with Crippen LogP contribution in [0.15, 0.2) is 46.9 Å². The van der Waals surface area contributed by atoms with Crippen molar-refractivity contribution in [1.29, 1.82) is 0 Å². The number of hydrogen-bond acceptors (Lipinski definition) is 2. The van der Waals surface area contributed by atoms with Crippen molar-refractivity contribution < 1.29 is 14.7 Å². The first kappa shape index (κ1) is 15.5. The molecule has 108 valence electrons. The summed E-state index contributed by atoms with van der Waals surface area (Å²) >= 11 is 9.03. The van der Waals surface area contributed by atoms with Gasteiger partial charge in [-0.1, -0.05) is 41.9 Å². The molecular formula is C15H11BrClNO3. The molecule has 0 heterocycles. The monoisotopic (exact) mass is 367 g/mol. The molecule has 0 aliphatic rings. The van der Waals surface area contributed by atoms with Crippen LogP contribution < -0.4 is 5.32 Å². The number of hydrogen-bond donors (Lipinski definition) is 2. The van der Waals surface area contributed by atoms with Crippen molar-refractivity contribution in [2.75, 3.05) is 0 Å². The van der Waals surface area contributed by atoms with Crippen molar-refractivity contribution >= 4 is 39.4 Å². The number of carbonyl (C=O) groups is 2. The van der Waals surface area contributed by atoms with Gasteiger partial charge < -0.3 is 10.4 Å². The van der Waals surface area contributed by atoms with Gasteiger partial charge in [-0.05, 0) is 33.6 Å². The van der Waals surface area contributed by atoms with E-state index in [1.807, 2.05) is 30.3 Å². The average molecular weight is 369 g/mol. The van der Waals surface area contributed by atoms with Gasteiger partial charge in [-0.15, -0.1) is 0 Å². The highest BCUT2D eigenvalue weighted by Crippen LogP contribution is 2.28. The van der Waals surface area contributed by atoms with E-state index in [0.717, 1.165) is 5.56 Å². The molecule has 0 aromatic heterocycles. The number of halogens is 2. The highest BCUT2D eigenvalue weighted by atomic mass is 79.9. The third-order valence-electron chi connectivity index (χ3n) is 2.82. The summed E-state index contributed by atoms with van der Waals surface area (Å²) in [4.78, 5) is 23.2. The van der Waals surface area contributed by atoms with Crippen molar-refractivity contribution in [3.63, 3.8) is 0 Å². The molecule has 0 saturated heterocycles. The number of nitrogens with one attached hydrogen (secondary N) is 1. The second kappa shape index (κ2) is 6.74. The third kappa shape index (κ3) is 3.83. The maximum absolute atomic E-state index is 12.1. The van der Waals surface area contributed by atoms with Crippen LogP contribution in [0, 0.1) is 0 Å². The first-order valence-electron chi connectivity index (χ1n) is 6.03. The molecule has 0 spiro atoms. The predicted molar refractivity (Wildman–Crippen MR) is 83.7 cm³/mol. The molecule has 21 heavy (non-hydrogen) atoms. The fraction of sp³-hybridized carbons (Fsp3) is 0.0667. The van der Waals surface area contributed by atoms with Gasteiger partial charge in [0.05, 0.1) is 15.1 Å². The van der Waals surface area contributed by atoms with Gasteiger partial charge >= 0.3 is 5.97 Å². The van der Waals surface area contributed by atoms with Gasteiger partial charge in [0, 0.05) is 12.1 Å². The Morgan fingerprint density at radius 3 is 2.48 bits per heavy atom. The number of amides is 1. The quantitative estimate of drug-likeness (QED) is 0.864. The van der Waals surface area contributed by atoms with Gasteiger partial charge in [-0.2, -0.15) is 0 Å². The average Bonchev–Trinajstić information content (AvgIpc) is 2.48. The number of carboxylic acid groups (broad SMARTS) is 1. The van der Waals surface area contributed by atoms with Crippen molar-refractivity contribution in [3.8, 4) is 0 Å². The second-order valence-corrected chi connectivity index (χ2v) is 5.49. The maximum Gasteiger partial charge on any atom is 0.336 e. The minimum Gasteiger partial charge on any atom is -0.478 e. The Bertz CT molecular complexity index is 689. The fourth-order valence-corrected chi connectivity index (χ4v) is 2.37. The number of benzene rings is 2. The SMILES string of the molecule is O=C(NCc1ccccc1)c1cc(Cl)c(Br)c(C(=O)O)c1. The Labute approximate surface area is 134 Å². The Balaban J connectivity index is 2.18. The molecule has 2 aromatic rings. The predicted octanol–water partition coefficient (Wildman–Crippen LogP) is 3.73. The zero-order chi connectivity index (χ0) is 15.4. The summed E-state index contributed by atoms with van der Waals surface area (Å²) in [6.07, 6.45) is 0. The highest BCUT2D eigenvalue weighted by molar-refractivity contribution is 9.10. The van der Waals surface area contributed by atoms with Crippen LogP contribution in [0.25, 0.3) is 0 Å². The van der Waals surface area contributed by atoms with Gasteiger partial charge in [0.15, 0.2) is 0 Å². The fourth-order valence-electron chi connectivity index (χ4n) is 1.76. The zero-order valence-corrected chi connectivity index (χ0v) is 13.1. The van der Waals surface area contributed by atoms with Gasteiger partial charge in [-0.3, -0.25) is 4.79 Å². The van der Waals surface area contributed by atoms with Gasteiger partial charge in [-0.25, -0.2) is 4.79 Å². The molecule has 0 fully saturated rings. The Kier molecular flexibility index (Phi) is 4.98. The molecule has 0 aliphatic heterocycles. The van der Waals surface area contributed by atoms with E-state index in [0.29, 0.717) is 6.54 Å². The minimum atomic E-state index is -1.15. The number of carboxylic acids is 1. The van der Waals surface area contributed by atoms with Crippen molar-refractivity contribution in [3.05, 3.63) is 68.7 Å². The van der Waals surface area contributed by atoms with Crippen molar-refractivity contribution in [2.24, 2.45) is 0 Å². The van der Waals surface area contributed by atoms with Crippen LogP contribution in [0.4, 0.5) is 0 Å². The van der Waals surface area contributed by atoms with Crippen LogP contribution in [0.1, 0.15) is 26.3 Å². The first-order valence-corrected chi connectivity index (χ1v) is 7.20. The lowest BCUT2D eigenvalue weighted by Crippen LogP contribution is -2.23. The van der Waals surface area contributed by atoms with E-state index >= 15 is 0 Å². The van der Waals surface area contributed by atoms with Crippen LogP contribution in [-0.4, -0.2) is 17.0 Å². The lowest BCUT2D eigenvalue weighted by atomic mass is 10.1. The molecule has 0 unspecified atom stereocenters. The molecule has 2 rings (SSSR count). The first-order chi connectivity index (χ1) is 9.99. The lowest BCUT2D eigenvalue weighted by molar-refractivity contribution is 0.0696. The molecule has 2 aromatic carbocycles. The van der Waals surface area contributed by atoms with Crippen LogP contribution in [0.2, 0.25) is 5.02 Å². The van der Waals surface area contributed by atoms with E-state index < -0.39 is 5.97 Å². The van der Waals surface area contributed by atoms with Gasteiger partial charge in [0.1, 0.15) is 0 Å². The molecular weight excluding hydrogens is 358 g/mol. The van der Waals surface area contributed by atoms with Crippen molar-refractivity contribution in [1.82, 2.24) is 5.32 Å². The molecule has 1 amide bonds. The standard InChI is InChI=1S/C15H11BrClNO3/c16-13-11(15(20)21)6-10(7-12(13)17)14(19)18-8-9-4-2-1-3-5-9/h1-7H,8H2,(H,18,19)(H,20,21). The van der Waals surface area contributed by atoms with Crippen molar-refractivity contribution in [2.45, 2.75) is 6.54 Å². The zero-order valence-electron chi connectivity index (χ0n) is 10.8. The van der Waals surface area contributed by atoms with Gasteiger partial charge in [0.2, 0.25) is 0 Å². The Morgan fingerprint density at radius 2 is 1.86 bits per heavy atom. The molecule has 0 atom stereocenters. The largest absolute Gasteiger partial charge is 0.478 e. The summed E-state index contributed by atoms with van der Waals surface area (Å²) in [7, 11) is 0. The summed E-state index contributed by atoms with van der Waals surface area (Å²) in [5, 5.41) is 12.0. The summed E-state index contributed by atoms with van der Waals surface area (Å²) < 4.78 is 0.260. The molecule has 6 heteroatoms. The Morgan fingerprint density at radius 1 is 1.19 bits per heavy atom. The number of rotatable bonds is 4. The third-order valence-corrected chi connectivity index (χ3v) is 4.20. The van der Waals surface area contributed by atoms with E-state index in [1.54, 1.807) is 0 Å². The Hall–Kier alpha value is -1.85. The van der Waals surface area contributed by atoms with Gasteiger partial charge in [0.25, 0.3) is 5.91 Å². The van der Waals surface area contributed by atoms with Crippen LogP contribution in [0.5, 0.6) is 0 Å². The van der Waals surface area contributed by atoms with E-state index in [-0.39, 0.29) is 26.5 Å². The number of aromatic carboxylic acids is 1. The molecule has 0 aliphatic carbocycles. The molecule has 4 nitrogen and oxygen atoms in total. The molecule has 2 N–H and O–H groups in total. The van der Waals surface area contributed by atoms with E-state index in [2.05, 4.69) is 21.2 Å². The normalized spacial score (nSPS) is 10.2. The molecule has 0 radical (unpaired) electrons. The van der Waals surface area contributed by atoms with Crippen LogP contribution in [0.3, 0.4) is 0 Å². The van der Waals surface area contributed by atoms with Crippen LogP contribution >= 0.6 is 27.5 Å². The smallest absolute Gasteiger partial charge is 0.336 e. The lowest BCUT2D eigenvalue weighted by Gasteiger charge is -2.08. The van der Waals surface area contributed by atoms with E-state index in [4.69, 9.17) is 16.7 Å². The summed E-state index contributed by atoms with van der Waals surface area (Å²) in [5.74, 6) is -1.53. The topological polar surface area (TPSA) is 66.4 Å². The maximum atomic E-state index is 12.1. The highest BCUT2D eigenvalue weighted by Gasteiger charge is 2.16. The molecule has 0 bridgehead atoms. The van der Waals surface area contributed by atoms with E-state index in [9.17, 15) is 9.59 Å².